The molecule has 2 aromatic heterocycles. The van der Waals surface area contributed by atoms with Gasteiger partial charge in [-0.25, -0.2) is 9.97 Å². The van der Waals surface area contributed by atoms with E-state index in [1.165, 1.54) is 0 Å². The second kappa shape index (κ2) is 8.75. The average molecular weight is 484 g/mol. The van der Waals surface area contributed by atoms with Gasteiger partial charge in [0.2, 0.25) is 0 Å². The summed E-state index contributed by atoms with van der Waals surface area (Å²) in [6, 6.07) is 9.02. The number of rotatable bonds is 5. The second-order valence-electron chi connectivity index (χ2n) is 8.49. The van der Waals surface area contributed by atoms with Crippen LogP contribution in [-0.4, -0.2) is 38.9 Å². The molecule has 4 N–H and O–H groups in total. The van der Waals surface area contributed by atoms with Gasteiger partial charge in [0.15, 0.2) is 5.82 Å². The molecule has 2 aliphatic rings. The van der Waals surface area contributed by atoms with Crippen LogP contribution in [0.4, 0.5) is 17.2 Å². The summed E-state index contributed by atoms with van der Waals surface area (Å²) in [4.78, 5) is 14.2. The Bertz CT molecular complexity index is 1210. The zero-order valence-corrected chi connectivity index (χ0v) is 19.4. The number of anilines is 3. The normalized spacial score (nSPS) is 23.8. The second-order valence-corrected chi connectivity index (χ2v) is 9.34. The Kier molecular flexibility index (Phi) is 5.79. The number of imidazole rings is 1. The third-order valence-corrected chi connectivity index (χ3v) is 7.19. The van der Waals surface area contributed by atoms with E-state index in [0.717, 1.165) is 22.8 Å². The van der Waals surface area contributed by atoms with Gasteiger partial charge in [0.1, 0.15) is 23.3 Å². The number of H-pyrrole nitrogens is 1. The molecule has 10 heteroatoms. The number of aliphatic hydroxyl groups excluding tert-OH is 1. The standard InChI is InChI=1S/C23H23Cl2N7O/c1-12-16(22-27-4-5-28-22)8-19(33)21(12)32-11-30-20-18(7-15(9-26)31-23(20)32)29-10-13-6-14(24)2-3-17(13)25/h2-7,12,16,19,21,30,33H,8,10-11H2,1H3,(H,27,28)(H,29,31)/t12-,16+,19+,21?/m0/s1. The summed E-state index contributed by atoms with van der Waals surface area (Å²) in [5.41, 5.74) is 2.69. The van der Waals surface area contributed by atoms with Crippen LogP contribution in [0.1, 0.15) is 36.3 Å². The van der Waals surface area contributed by atoms with Crippen molar-refractivity contribution < 1.29 is 5.11 Å². The number of nitrogens with one attached hydrogen (secondary N) is 3. The van der Waals surface area contributed by atoms with Gasteiger partial charge in [-0.3, -0.25) is 0 Å². The number of halogens is 2. The Morgan fingerprint density at radius 1 is 1.33 bits per heavy atom. The van der Waals surface area contributed by atoms with Crippen molar-refractivity contribution in [3.8, 4) is 6.07 Å². The van der Waals surface area contributed by atoms with Gasteiger partial charge in [0, 0.05) is 41.0 Å². The summed E-state index contributed by atoms with van der Waals surface area (Å²) in [6.07, 6.45) is 3.61. The number of hydrogen-bond acceptors (Lipinski definition) is 7. The van der Waals surface area contributed by atoms with Crippen molar-refractivity contribution in [2.75, 3.05) is 22.2 Å². The molecule has 3 aromatic rings. The minimum atomic E-state index is -0.544. The molecule has 0 saturated heterocycles. The van der Waals surface area contributed by atoms with Crippen LogP contribution in [0.15, 0.2) is 36.7 Å². The first-order valence-corrected chi connectivity index (χ1v) is 11.5. The predicted octanol–water partition coefficient (Wildman–Crippen LogP) is 4.34. The van der Waals surface area contributed by atoms with E-state index in [0.29, 0.717) is 41.2 Å². The molecule has 1 fully saturated rings. The maximum Gasteiger partial charge on any atom is 0.157 e. The van der Waals surface area contributed by atoms with Crippen LogP contribution in [0, 0.1) is 17.2 Å². The molecule has 33 heavy (non-hydrogen) atoms. The highest BCUT2D eigenvalue weighted by Crippen LogP contribution is 2.46. The van der Waals surface area contributed by atoms with Gasteiger partial charge < -0.3 is 25.6 Å². The van der Waals surface area contributed by atoms with Gasteiger partial charge in [-0.15, -0.1) is 0 Å². The number of aromatic amines is 1. The average Bonchev–Trinajstić information content (AvgIpc) is 3.53. The van der Waals surface area contributed by atoms with E-state index in [1.54, 1.807) is 30.6 Å². The van der Waals surface area contributed by atoms with E-state index in [-0.39, 0.29) is 17.9 Å². The zero-order chi connectivity index (χ0) is 23.1. The van der Waals surface area contributed by atoms with Gasteiger partial charge >= 0.3 is 0 Å². The number of pyridine rings is 1. The molecule has 0 radical (unpaired) electrons. The first-order valence-electron chi connectivity index (χ1n) is 10.8. The topological polar surface area (TPSA) is 113 Å². The molecule has 5 rings (SSSR count). The molecule has 1 unspecified atom stereocenters. The Hall–Kier alpha value is -2.99. The SMILES string of the molecule is C[C@@H]1C(N2CNc3c(NCc4cc(Cl)ccc4Cl)cc(C#N)nc32)[C@H](O)C[C@H]1c1ncc[nH]1. The van der Waals surface area contributed by atoms with Crippen molar-refractivity contribution in [1.29, 1.82) is 5.26 Å². The number of fused-ring (bicyclic) bond motifs is 1. The summed E-state index contributed by atoms with van der Waals surface area (Å²) in [5, 5.41) is 28.6. The Balaban J connectivity index is 1.44. The molecule has 8 nitrogen and oxygen atoms in total. The number of aromatic nitrogens is 3. The van der Waals surface area contributed by atoms with E-state index >= 15 is 0 Å². The van der Waals surface area contributed by atoms with Gasteiger partial charge in [-0.2, -0.15) is 5.26 Å². The zero-order valence-electron chi connectivity index (χ0n) is 17.9. The molecular formula is C23H23Cl2N7O. The highest BCUT2D eigenvalue weighted by molar-refractivity contribution is 6.33. The molecule has 1 saturated carbocycles. The van der Waals surface area contributed by atoms with Crippen molar-refractivity contribution in [1.82, 2.24) is 15.0 Å². The van der Waals surface area contributed by atoms with Gasteiger partial charge in [-0.05, 0) is 36.1 Å². The van der Waals surface area contributed by atoms with Crippen molar-refractivity contribution >= 4 is 40.4 Å². The molecule has 1 aliphatic carbocycles. The lowest BCUT2D eigenvalue weighted by Gasteiger charge is -2.31. The van der Waals surface area contributed by atoms with E-state index in [9.17, 15) is 10.4 Å². The van der Waals surface area contributed by atoms with Gasteiger partial charge in [0.25, 0.3) is 0 Å². The van der Waals surface area contributed by atoms with Crippen molar-refractivity contribution in [2.45, 2.75) is 38.0 Å². The summed E-state index contributed by atoms with van der Waals surface area (Å²) < 4.78 is 0. The van der Waals surface area contributed by atoms with Crippen LogP contribution in [0.2, 0.25) is 10.0 Å². The quantitative estimate of drug-likeness (QED) is 0.426. The van der Waals surface area contributed by atoms with E-state index < -0.39 is 6.10 Å². The van der Waals surface area contributed by atoms with E-state index in [2.05, 4.69) is 43.5 Å². The fourth-order valence-corrected chi connectivity index (χ4v) is 5.38. The molecule has 1 aromatic carbocycles. The molecule has 3 heterocycles. The fourth-order valence-electron chi connectivity index (χ4n) is 5.00. The van der Waals surface area contributed by atoms with Crippen LogP contribution in [0.25, 0.3) is 0 Å². The lowest BCUT2D eigenvalue weighted by Crippen LogP contribution is -2.44. The monoisotopic (exact) mass is 483 g/mol. The summed E-state index contributed by atoms with van der Waals surface area (Å²) in [7, 11) is 0. The Labute approximate surface area is 201 Å². The highest BCUT2D eigenvalue weighted by atomic mass is 35.5. The summed E-state index contributed by atoms with van der Waals surface area (Å²) in [6.45, 7) is 3.05. The smallest absolute Gasteiger partial charge is 0.157 e. The van der Waals surface area contributed by atoms with Crippen LogP contribution >= 0.6 is 23.2 Å². The van der Waals surface area contributed by atoms with E-state index in [4.69, 9.17) is 23.2 Å². The maximum atomic E-state index is 11.0. The lowest BCUT2D eigenvalue weighted by atomic mass is 9.94. The Morgan fingerprint density at radius 2 is 2.18 bits per heavy atom. The van der Waals surface area contributed by atoms with E-state index in [1.807, 2.05) is 6.07 Å². The van der Waals surface area contributed by atoms with Crippen LogP contribution in [0.3, 0.4) is 0 Å². The molecular weight excluding hydrogens is 461 g/mol. The largest absolute Gasteiger partial charge is 0.391 e. The minimum absolute atomic E-state index is 0.116. The summed E-state index contributed by atoms with van der Waals surface area (Å²) >= 11 is 12.4. The van der Waals surface area contributed by atoms with Gasteiger partial charge in [-0.1, -0.05) is 30.1 Å². The van der Waals surface area contributed by atoms with Crippen molar-refractivity contribution in [3.05, 3.63) is 63.8 Å². The lowest BCUT2D eigenvalue weighted by molar-refractivity contribution is 0.154. The third kappa shape index (κ3) is 3.97. The number of benzene rings is 1. The molecule has 0 bridgehead atoms. The van der Waals surface area contributed by atoms with Crippen molar-refractivity contribution in [2.24, 2.45) is 5.92 Å². The minimum Gasteiger partial charge on any atom is -0.391 e. The molecule has 4 atom stereocenters. The molecule has 0 amide bonds. The van der Waals surface area contributed by atoms with Crippen LogP contribution < -0.4 is 15.5 Å². The molecule has 1 aliphatic heterocycles. The Morgan fingerprint density at radius 3 is 2.94 bits per heavy atom. The fraction of sp³-hybridized carbons (Fsp3) is 0.348. The number of aliphatic hydroxyl groups is 1. The highest BCUT2D eigenvalue weighted by Gasteiger charge is 2.47. The van der Waals surface area contributed by atoms with Crippen molar-refractivity contribution in [3.63, 3.8) is 0 Å². The van der Waals surface area contributed by atoms with Crippen LogP contribution in [-0.2, 0) is 6.54 Å². The molecule has 170 valence electrons. The first-order chi connectivity index (χ1) is 16.0. The molecule has 0 spiro atoms. The number of hydrogen-bond donors (Lipinski definition) is 4. The van der Waals surface area contributed by atoms with Gasteiger partial charge in [0.05, 0.1) is 24.5 Å². The maximum absolute atomic E-state index is 11.0. The first kappa shape index (κ1) is 21.8. The summed E-state index contributed by atoms with van der Waals surface area (Å²) in [5.74, 6) is 1.79. The third-order valence-electron chi connectivity index (χ3n) is 6.58. The number of nitrogens with zero attached hydrogens (tertiary/aromatic N) is 4. The predicted molar refractivity (Wildman–Crippen MR) is 129 cm³/mol. The number of nitriles is 1. The van der Waals surface area contributed by atoms with Crippen LogP contribution in [0.5, 0.6) is 0 Å².